The minimum atomic E-state index is -0.393. The molecule has 0 aliphatic carbocycles. The van der Waals surface area contributed by atoms with Crippen LogP contribution < -0.4 is 5.32 Å². The van der Waals surface area contributed by atoms with Crippen molar-refractivity contribution in [3.63, 3.8) is 0 Å². The smallest absolute Gasteiger partial charge is 0.279 e. The fraction of sp³-hybridized carbons (Fsp3) is 0.429. The molecule has 0 spiro atoms. The molecule has 2 heterocycles. The van der Waals surface area contributed by atoms with E-state index in [-0.39, 0.29) is 17.2 Å². The number of hydrogen-bond donors (Lipinski definition) is 1. The Labute approximate surface area is 126 Å². The van der Waals surface area contributed by atoms with Crippen LogP contribution in [-0.4, -0.2) is 34.4 Å². The van der Waals surface area contributed by atoms with Gasteiger partial charge < -0.3 is 10.2 Å². The molecule has 1 aromatic rings. The summed E-state index contributed by atoms with van der Waals surface area (Å²) in [6.07, 6.45) is 1.89. The molecule has 2 fully saturated rings. The molecule has 0 bridgehead atoms. The van der Waals surface area contributed by atoms with Crippen molar-refractivity contribution in [1.29, 1.82) is 0 Å². The van der Waals surface area contributed by atoms with Crippen LogP contribution in [0.4, 0.5) is 4.79 Å². The Morgan fingerprint density at radius 2 is 2.20 bits per heavy atom. The van der Waals surface area contributed by atoms with E-state index in [0.717, 1.165) is 24.9 Å². The zero-order chi connectivity index (χ0) is 14.1. The van der Waals surface area contributed by atoms with Gasteiger partial charge in [-0.3, -0.25) is 9.59 Å². The number of nitrogens with one attached hydrogen (secondary N) is 1. The van der Waals surface area contributed by atoms with Crippen molar-refractivity contribution in [2.75, 3.05) is 12.3 Å². The molecule has 0 unspecified atom stereocenters. The summed E-state index contributed by atoms with van der Waals surface area (Å²) < 4.78 is 0. The standard InChI is InChI=1S/C14H15ClN2O2S/c15-10-5-2-1-4-9(10)12-6-3-7-17(12)13(18)11-8-20-14(19)16-11/h1-2,4-5,11-12H,3,6-8H2,(H,16,19)/t11-,12+/m0/s1. The summed E-state index contributed by atoms with van der Waals surface area (Å²) in [6.45, 7) is 0.728. The van der Waals surface area contributed by atoms with Crippen molar-refractivity contribution in [2.24, 2.45) is 0 Å². The Bertz CT molecular complexity index is 552. The van der Waals surface area contributed by atoms with E-state index >= 15 is 0 Å². The quantitative estimate of drug-likeness (QED) is 0.914. The molecule has 0 saturated carbocycles. The van der Waals surface area contributed by atoms with E-state index in [1.54, 1.807) is 0 Å². The first-order valence-electron chi connectivity index (χ1n) is 6.65. The van der Waals surface area contributed by atoms with Gasteiger partial charge >= 0.3 is 0 Å². The first-order chi connectivity index (χ1) is 9.66. The van der Waals surface area contributed by atoms with Crippen molar-refractivity contribution < 1.29 is 9.59 Å². The minimum absolute atomic E-state index is 0.00534. The van der Waals surface area contributed by atoms with Crippen molar-refractivity contribution in [2.45, 2.75) is 24.9 Å². The van der Waals surface area contributed by atoms with E-state index in [1.807, 2.05) is 29.2 Å². The van der Waals surface area contributed by atoms with Crippen LogP contribution in [0.1, 0.15) is 24.4 Å². The third kappa shape index (κ3) is 2.52. The predicted octanol–water partition coefficient (Wildman–Crippen LogP) is 2.83. The van der Waals surface area contributed by atoms with E-state index < -0.39 is 6.04 Å². The van der Waals surface area contributed by atoms with Crippen molar-refractivity contribution in [1.82, 2.24) is 10.2 Å². The van der Waals surface area contributed by atoms with Gasteiger partial charge in [0, 0.05) is 17.3 Å². The number of carbonyl (C=O) groups is 2. The lowest BCUT2D eigenvalue weighted by Gasteiger charge is -2.28. The Hall–Kier alpha value is -1.20. The maximum absolute atomic E-state index is 12.5. The Morgan fingerprint density at radius 3 is 2.90 bits per heavy atom. The molecule has 3 rings (SSSR count). The number of amides is 2. The largest absolute Gasteiger partial charge is 0.334 e. The molecule has 1 aromatic carbocycles. The topological polar surface area (TPSA) is 49.4 Å². The molecule has 4 nitrogen and oxygen atoms in total. The third-order valence-electron chi connectivity index (χ3n) is 3.77. The molecule has 1 N–H and O–H groups in total. The molecule has 2 aliphatic rings. The number of hydrogen-bond acceptors (Lipinski definition) is 3. The third-order valence-corrected chi connectivity index (χ3v) is 5.00. The normalized spacial score (nSPS) is 25.9. The summed E-state index contributed by atoms with van der Waals surface area (Å²) in [5.41, 5.74) is 0.997. The summed E-state index contributed by atoms with van der Waals surface area (Å²) in [6, 6.07) is 7.29. The molecule has 0 aromatic heterocycles. The van der Waals surface area contributed by atoms with Gasteiger partial charge in [-0.25, -0.2) is 0 Å². The van der Waals surface area contributed by atoms with Gasteiger partial charge in [-0.2, -0.15) is 0 Å². The molecular formula is C14H15ClN2O2S. The first kappa shape index (κ1) is 13.8. The number of rotatable bonds is 2. The highest BCUT2D eigenvalue weighted by atomic mass is 35.5. The molecule has 2 amide bonds. The van der Waals surface area contributed by atoms with E-state index in [1.165, 1.54) is 11.8 Å². The lowest BCUT2D eigenvalue weighted by Crippen LogP contribution is -2.45. The van der Waals surface area contributed by atoms with Crippen LogP contribution in [0.2, 0.25) is 5.02 Å². The van der Waals surface area contributed by atoms with E-state index in [0.29, 0.717) is 10.8 Å². The zero-order valence-electron chi connectivity index (χ0n) is 10.8. The van der Waals surface area contributed by atoms with Crippen molar-refractivity contribution >= 4 is 34.5 Å². The second kappa shape index (κ2) is 5.66. The van der Waals surface area contributed by atoms with Crippen LogP contribution in [0.3, 0.4) is 0 Å². The number of thioether (sulfide) groups is 1. The fourth-order valence-electron chi connectivity index (χ4n) is 2.82. The van der Waals surface area contributed by atoms with Crippen molar-refractivity contribution in [3.05, 3.63) is 34.9 Å². The molecule has 106 valence electrons. The molecule has 0 radical (unpaired) electrons. The van der Waals surface area contributed by atoms with Crippen LogP contribution in [0.5, 0.6) is 0 Å². The minimum Gasteiger partial charge on any atom is -0.334 e. The van der Waals surface area contributed by atoms with Gasteiger partial charge in [0.1, 0.15) is 6.04 Å². The molecule has 2 atom stereocenters. The van der Waals surface area contributed by atoms with E-state index in [2.05, 4.69) is 5.32 Å². The van der Waals surface area contributed by atoms with Gasteiger partial charge in [-0.15, -0.1) is 0 Å². The molecule has 20 heavy (non-hydrogen) atoms. The van der Waals surface area contributed by atoms with Crippen molar-refractivity contribution in [3.8, 4) is 0 Å². The van der Waals surface area contributed by atoms with E-state index in [9.17, 15) is 9.59 Å². The SMILES string of the molecule is O=C1N[C@H](C(=O)N2CCC[C@@H]2c2ccccc2Cl)CS1. The van der Waals surface area contributed by atoms with Crippen LogP contribution >= 0.6 is 23.4 Å². The molecule has 2 saturated heterocycles. The molecular weight excluding hydrogens is 296 g/mol. The number of carbonyl (C=O) groups excluding carboxylic acids is 2. The zero-order valence-corrected chi connectivity index (χ0v) is 12.4. The first-order valence-corrected chi connectivity index (χ1v) is 8.01. The van der Waals surface area contributed by atoms with Crippen LogP contribution in [0, 0.1) is 0 Å². The maximum atomic E-state index is 12.5. The highest BCUT2D eigenvalue weighted by Crippen LogP contribution is 2.36. The molecule has 6 heteroatoms. The summed E-state index contributed by atoms with van der Waals surface area (Å²) in [5, 5.41) is 3.30. The van der Waals surface area contributed by atoms with Gasteiger partial charge in [0.15, 0.2) is 0 Å². The number of halogens is 1. The summed E-state index contributed by atoms with van der Waals surface area (Å²) in [4.78, 5) is 25.6. The van der Waals surface area contributed by atoms with Gasteiger partial charge in [-0.05, 0) is 24.5 Å². The van der Waals surface area contributed by atoms with Gasteiger partial charge in [0.25, 0.3) is 5.24 Å². The second-order valence-corrected chi connectivity index (χ2v) is 6.41. The van der Waals surface area contributed by atoms with Crippen LogP contribution in [0.25, 0.3) is 0 Å². The highest BCUT2D eigenvalue weighted by molar-refractivity contribution is 8.14. The second-order valence-electron chi connectivity index (χ2n) is 5.01. The van der Waals surface area contributed by atoms with Crippen LogP contribution in [-0.2, 0) is 4.79 Å². The number of nitrogens with zero attached hydrogens (tertiary/aromatic N) is 1. The Morgan fingerprint density at radius 1 is 1.40 bits per heavy atom. The Kier molecular flexibility index (Phi) is 3.89. The average molecular weight is 311 g/mol. The Balaban J connectivity index is 1.81. The number of benzene rings is 1. The lowest BCUT2D eigenvalue weighted by molar-refractivity contribution is -0.133. The number of likely N-dealkylation sites (tertiary alicyclic amines) is 1. The van der Waals surface area contributed by atoms with Gasteiger partial charge in [0.2, 0.25) is 5.91 Å². The highest BCUT2D eigenvalue weighted by Gasteiger charge is 2.37. The van der Waals surface area contributed by atoms with E-state index in [4.69, 9.17) is 11.6 Å². The van der Waals surface area contributed by atoms with Gasteiger partial charge in [-0.1, -0.05) is 41.6 Å². The van der Waals surface area contributed by atoms with Gasteiger partial charge in [0.05, 0.1) is 6.04 Å². The fourth-order valence-corrected chi connectivity index (χ4v) is 3.85. The monoisotopic (exact) mass is 310 g/mol. The summed E-state index contributed by atoms with van der Waals surface area (Å²) >= 11 is 7.41. The van der Waals surface area contributed by atoms with Crippen LogP contribution in [0.15, 0.2) is 24.3 Å². The summed E-state index contributed by atoms with van der Waals surface area (Å²) in [5.74, 6) is 0.523. The summed E-state index contributed by atoms with van der Waals surface area (Å²) in [7, 11) is 0. The molecule has 2 aliphatic heterocycles. The average Bonchev–Trinajstić information content (AvgIpc) is 3.07. The predicted molar refractivity (Wildman–Crippen MR) is 79.9 cm³/mol. The maximum Gasteiger partial charge on any atom is 0.279 e. The lowest BCUT2D eigenvalue weighted by atomic mass is 10.0.